The number of rotatable bonds is 5. The molecule has 1 aliphatic rings. The van der Waals surface area contributed by atoms with E-state index in [1.54, 1.807) is 31.4 Å². The van der Waals surface area contributed by atoms with E-state index in [1.807, 2.05) is 0 Å². The summed E-state index contributed by atoms with van der Waals surface area (Å²) in [7, 11) is -2.17. The Morgan fingerprint density at radius 1 is 1.15 bits per heavy atom. The minimum absolute atomic E-state index is 0.0219. The van der Waals surface area contributed by atoms with Crippen LogP contribution in [-0.2, 0) is 14.8 Å². The molecule has 0 aliphatic carbocycles. The second-order valence-corrected chi connectivity index (χ2v) is 8.19. The molecule has 7 nitrogen and oxygen atoms in total. The Morgan fingerprint density at radius 3 is 2.44 bits per heavy atom. The molecule has 3 rings (SSSR count). The molecule has 0 aromatic heterocycles. The standard InChI is InChI=1S/C18H19ClN2O5S/c1-25-14-4-2-13(3-5-14)20-18(22)16-12-15(6-7-17(16)19)27(23,24)21-8-10-26-11-9-21/h2-7,12H,8-11H2,1H3,(H,20,22). The molecule has 0 spiro atoms. The van der Waals surface area contributed by atoms with E-state index in [1.165, 1.54) is 22.5 Å². The van der Waals surface area contributed by atoms with E-state index >= 15 is 0 Å². The van der Waals surface area contributed by atoms with E-state index in [4.69, 9.17) is 21.1 Å². The van der Waals surface area contributed by atoms with Crippen LogP contribution in [0.4, 0.5) is 5.69 Å². The summed E-state index contributed by atoms with van der Waals surface area (Å²) in [5, 5.41) is 2.87. The van der Waals surface area contributed by atoms with Gasteiger partial charge in [0.15, 0.2) is 0 Å². The first kappa shape index (κ1) is 19.6. The number of ether oxygens (including phenoxy) is 2. The summed E-state index contributed by atoms with van der Waals surface area (Å²) in [4.78, 5) is 12.6. The van der Waals surface area contributed by atoms with Crippen molar-refractivity contribution in [2.45, 2.75) is 4.90 Å². The number of nitrogens with one attached hydrogen (secondary N) is 1. The van der Waals surface area contributed by atoms with E-state index < -0.39 is 15.9 Å². The van der Waals surface area contributed by atoms with Crippen molar-refractivity contribution in [2.24, 2.45) is 0 Å². The van der Waals surface area contributed by atoms with Gasteiger partial charge in [0.1, 0.15) is 5.75 Å². The molecule has 2 aromatic carbocycles. The number of benzene rings is 2. The number of hydrogen-bond donors (Lipinski definition) is 1. The van der Waals surface area contributed by atoms with Crippen LogP contribution in [0.3, 0.4) is 0 Å². The van der Waals surface area contributed by atoms with Crippen LogP contribution in [0.25, 0.3) is 0 Å². The number of amides is 1. The third-order valence-electron chi connectivity index (χ3n) is 4.14. The summed E-state index contributed by atoms with van der Waals surface area (Å²) in [6.07, 6.45) is 0. The maximum atomic E-state index is 12.8. The minimum Gasteiger partial charge on any atom is -0.497 e. The van der Waals surface area contributed by atoms with Gasteiger partial charge in [-0.25, -0.2) is 8.42 Å². The average molecular weight is 411 g/mol. The first-order valence-corrected chi connectivity index (χ1v) is 10.1. The Labute approximate surface area is 162 Å². The molecule has 1 saturated heterocycles. The molecule has 1 heterocycles. The predicted octanol–water partition coefficient (Wildman–Crippen LogP) is 2.62. The highest BCUT2D eigenvalue weighted by atomic mass is 35.5. The van der Waals surface area contributed by atoms with E-state index in [-0.39, 0.29) is 28.6 Å². The molecule has 0 radical (unpaired) electrons. The first-order chi connectivity index (χ1) is 12.9. The fourth-order valence-electron chi connectivity index (χ4n) is 2.65. The zero-order valence-corrected chi connectivity index (χ0v) is 16.2. The third-order valence-corrected chi connectivity index (χ3v) is 6.36. The second kappa shape index (κ2) is 8.26. The second-order valence-electron chi connectivity index (χ2n) is 5.84. The number of anilines is 1. The Hall–Kier alpha value is -2.13. The molecular weight excluding hydrogens is 392 g/mol. The van der Waals surface area contributed by atoms with Crippen molar-refractivity contribution in [1.82, 2.24) is 4.31 Å². The lowest BCUT2D eigenvalue weighted by Crippen LogP contribution is -2.40. The quantitative estimate of drug-likeness (QED) is 0.819. The first-order valence-electron chi connectivity index (χ1n) is 8.24. The molecule has 9 heteroatoms. The van der Waals surface area contributed by atoms with Crippen molar-refractivity contribution in [1.29, 1.82) is 0 Å². The van der Waals surface area contributed by atoms with Crippen LogP contribution in [-0.4, -0.2) is 52.0 Å². The van der Waals surface area contributed by atoms with E-state index in [0.717, 1.165) is 0 Å². The van der Waals surface area contributed by atoms with E-state index in [0.29, 0.717) is 24.7 Å². The molecule has 0 unspecified atom stereocenters. The van der Waals surface area contributed by atoms with Crippen molar-refractivity contribution in [3.8, 4) is 5.75 Å². The zero-order valence-electron chi connectivity index (χ0n) is 14.6. The number of morpholine rings is 1. The van der Waals surface area contributed by atoms with Crippen LogP contribution in [0.15, 0.2) is 47.4 Å². The lowest BCUT2D eigenvalue weighted by atomic mass is 10.2. The van der Waals surface area contributed by atoms with Gasteiger partial charge in [-0.1, -0.05) is 11.6 Å². The third kappa shape index (κ3) is 4.41. The van der Waals surface area contributed by atoms with Crippen LogP contribution < -0.4 is 10.1 Å². The largest absolute Gasteiger partial charge is 0.497 e. The molecule has 1 N–H and O–H groups in total. The lowest BCUT2D eigenvalue weighted by Gasteiger charge is -2.26. The van der Waals surface area contributed by atoms with E-state index in [9.17, 15) is 13.2 Å². The van der Waals surface area contributed by atoms with Gasteiger partial charge < -0.3 is 14.8 Å². The van der Waals surface area contributed by atoms with Crippen molar-refractivity contribution < 1.29 is 22.7 Å². The number of carbonyl (C=O) groups excluding carboxylic acids is 1. The van der Waals surface area contributed by atoms with Crippen molar-refractivity contribution in [2.75, 3.05) is 38.7 Å². The maximum Gasteiger partial charge on any atom is 0.257 e. The zero-order chi connectivity index (χ0) is 19.4. The minimum atomic E-state index is -3.72. The lowest BCUT2D eigenvalue weighted by molar-refractivity contribution is 0.0730. The van der Waals surface area contributed by atoms with Crippen LogP contribution in [0, 0.1) is 0 Å². The summed E-state index contributed by atoms with van der Waals surface area (Å²) in [6.45, 7) is 1.24. The number of hydrogen-bond acceptors (Lipinski definition) is 5. The molecule has 1 fully saturated rings. The van der Waals surface area contributed by atoms with E-state index in [2.05, 4.69) is 5.32 Å². The van der Waals surface area contributed by atoms with Crippen LogP contribution in [0.1, 0.15) is 10.4 Å². The van der Waals surface area contributed by atoms with Gasteiger partial charge in [0.05, 0.1) is 35.8 Å². The van der Waals surface area contributed by atoms with Gasteiger partial charge in [0.25, 0.3) is 5.91 Å². The van der Waals surface area contributed by atoms with Gasteiger partial charge in [-0.05, 0) is 42.5 Å². The molecule has 144 valence electrons. The van der Waals surface area contributed by atoms with Gasteiger partial charge in [0.2, 0.25) is 10.0 Å². The summed E-state index contributed by atoms with van der Waals surface area (Å²) in [6, 6.07) is 10.9. The highest BCUT2D eigenvalue weighted by Gasteiger charge is 2.27. The predicted molar refractivity (Wildman–Crippen MR) is 102 cm³/mol. The molecule has 0 bridgehead atoms. The van der Waals surface area contributed by atoms with Crippen LogP contribution >= 0.6 is 11.6 Å². The Kier molecular flexibility index (Phi) is 6.01. The fraction of sp³-hybridized carbons (Fsp3) is 0.278. The summed E-state index contributed by atoms with van der Waals surface area (Å²) >= 11 is 6.13. The molecule has 27 heavy (non-hydrogen) atoms. The fourth-order valence-corrected chi connectivity index (χ4v) is 4.29. The van der Waals surface area contributed by atoms with Gasteiger partial charge in [0, 0.05) is 18.8 Å². The average Bonchev–Trinajstić information content (AvgIpc) is 2.69. The summed E-state index contributed by atoms with van der Waals surface area (Å²) in [5.41, 5.74) is 0.625. The van der Waals surface area contributed by atoms with Gasteiger partial charge in [-0.15, -0.1) is 0 Å². The molecule has 0 saturated carbocycles. The number of nitrogens with zero attached hydrogens (tertiary/aromatic N) is 1. The van der Waals surface area contributed by atoms with Gasteiger partial charge in [-0.3, -0.25) is 4.79 Å². The summed E-state index contributed by atoms with van der Waals surface area (Å²) < 4.78 is 37.2. The van der Waals surface area contributed by atoms with Gasteiger partial charge >= 0.3 is 0 Å². The van der Waals surface area contributed by atoms with Crippen molar-refractivity contribution in [3.63, 3.8) is 0 Å². The van der Waals surface area contributed by atoms with Crippen molar-refractivity contribution in [3.05, 3.63) is 53.1 Å². The molecular formula is C18H19ClN2O5S. The molecule has 1 amide bonds. The number of carbonyl (C=O) groups is 1. The smallest absolute Gasteiger partial charge is 0.257 e. The monoisotopic (exact) mass is 410 g/mol. The van der Waals surface area contributed by atoms with Crippen molar-refractivity contribution >= 4 is 33.2 Å². The maximum absolute atomic E-state index is 12.8. The van der Waals surface area contributed by atoms with Crippen LogP contribution in [0.2, 0.25) is 5.02 Å². The number of sulfonamides is 1. The highest BCUT2D eigenvalue weighted by Crippen LogP contribution is 2.25. The summed E-state index contributed by atoms with van der Waals surface area (Å²) in [5.74, 6) is 0.161. The number of methoxy groups -OCH3 is 1. The molecule has 0 atom stereocenters. The Morgan fingerprint density at radius 2 is 1.81 bits per heavy atom. The SMILES string of the molecule is COc1ccc(NC(=O)c2cc(S(=O)(=O)N3CCOCC3)ccc2Cl)cc1. The molecule has 2 aromatic rings. The normalized spacial score (nSPS) is 15.3. The topological polar surface area (TPSA) is 84.9 Å². The Balaban J connectivity index is 1.84. The molecule has 1 aliphatic heterocycles. The Bertz CT molecular complexity index is 925. The van der Waals surface area contributed by atoms with Gasteiger partial charge in [-0.2, -0.15) is 4.31 Å². The van der Waals surface area contributed by atoms with Crippen LogP contribution in [0.5, 0.6) is 5.75 Å². The highest BCUT2D eigenvalue weighted by molar-refractivity contribution is 7.89. The number of halogens is 1.